The molecule has 1 atom stereocenters. The molecule has 20 heavy (non-hydrogen) atoms. The standard InChI is InChI=1S/C12H17BrN2O4S/c1-8(7-16)14-12(17)9-4-5-10(13)11(6-9)20(18,19)15(2)3/h4-6,8,16H,7H2,1-3H3,(H,14,17). The van der Waals surface area contributed by atoms with E-state index in [1.807, 2.05) is 0 Å². The molecule has 0 fully saturated rings. The van der Waals surface area contributed by atoms with E-state index in [9.17, 15) is 13.2 Å². The number of hydrogen-bond acceptors (Lipinski definition) is 4. The molecular formula is C12H17BrN2O4S. The number of hydrogen-bond donors (Lipinski definition) is 2. The lowest BCUT2D eigenvalue weighted by Gasteiger charge is -2.15. The largest absolute Gasteiger partial charge is 0.394 e. The first kappa shape index (κ1) is 17.1. The third kappa shape index (κ3) is 3.78. The van der Waals surface area contributed by atoms with Gasteiger partial charge in [-0.2, -0.15) is 0 Å². The highest BCUT2D eigenvalue weighted by atomic mass is 79.9. The molecule has 0 aliphatic heterocycles. The Morgan fingerprint density at radius 1 is 1.45 bits per heavy atom. The third-order valence-electron chi connectivity index (χ3n) is 2.60. The van der Waals surface area contributed by atoms with Crippen molar-refractivity contribution in [3.8, 4) is 0 Å². The number of rotatable bonds is 5. The predicted octanol–water partition coefficient (Wildman–Crippen LogP) is 0.810. The summed E-state index contributed by atoms with van der Waals surface area (Å²) in [5.74, 6) is -0.436. The zero-order valence-corrected chi connectivity index (χ0v) is 13.8. The Labute approximate surface area is 127 Å². The molecule has 0 aliphatic carbocycles. The van der Waals surface area contributed by atoms with Crippen LogP contribution in [0.2, 0.25) is 0 Å². The maximum Gasteiger partial charge on any atom is 0.251 e. The van der Waals surface area contributed by atoms with Crippen LogP contribution in [0.15, 0.2) is 27.6 Å². The number of nitrogens with one attached hydrogen (secondary N) is 1. The number of amides is 1. The van der Waals surface area contributed by atoms with Crippen LogP contribution in [-0.2, 0) is 10.0 Å². The van der Waals surface area contributed by atoms with Crippen molar-refractivity contribution in [3.63, 3.8) is 0 Å². The average Bonchev–Trinajstić information content (AvgIpc) is 2.38. The van der Waals surface area contributed by atoms with Crippen molar-refractivity contribution >= 4 is 31.9 Å². The monoisotopic (exact) mass is 364 g/mol. The summed E-state index contributed by atoms with van der Waals surface area (Å²) in [5.41, 5.74) is 0.217. The molecule has 2 N–H and O–H groups in total. The van der Waals surface area contributed by atoms with Gasteiger partial charge < -0.3 is 10.4 Å². The fraction of sp³-hybridized carbons (Fsp3) is 0.417. The first-order valence-electron chi connectivity index (χ1n) is 5.84. The van der Waals surface area contributed by atoms with Crippen molar-refractivity contribution in [1.29, 1.82) is 0 Å². The minimum Gasteiger partial charge on any atom is -0.394 e. The first-order valence-corrected chi connectivity index (χ1v) is 8.07. The second-order valence-corrected chi connectivity index (χ2v) is 7.46. The second-order valence-electron chi connectivity index (χ2n) is 4.49. The first-order chi connectivity index (χ1) is 9.20. The molecule has 1 rings (SSSR count). The van der Waals surface area contributed by atoms with E-state index in [2.05, 4.69) is 21.2 Å². The normalized spacial score (nSPS) is 13.3. The summed E-state index contributed by atoms with van der Waals surface area (Å²) in [4.78, 5) is 11.9. The lowest BCUT2D eigenvalue weighted by molar-refractivity contribution is 0.0922. The summed E-state index contributed by atoms with van der Waals surface area (Å²) in [6.45, 7) is 1.46. The van der Waals surface area contributed by atoms with Crippen molar-refractivity contribution in [2.45, 2.75) is 17.9 Å². The van der Waals surface area contributed by atoms with Crippen LogP contribution in [0.1, 0.15) is 17.3 Å². The Balaban J connectivity index is 3.19. The maximum atomic E-state index is 12.1. The van der Waals surface area contributed by atoms with Crippen molar-refractivity contribution in [2.24, 2.45) is 0 Å². The molecule has 0 saturated heterocycles. The quantitative estimate of drug-likeness (QED) is 0.809. The van der Waals surface area contributed by atoms with Gasteiger partial charge in [-0.15, -0.1) is 0 Å². The Kier molecular flexibility index (Phi) is 5.69. The Morgan fingerprint density at radius 3 is 2.55 bits per heavy atom. The number of sulfonamides is 1. The fourth-order valence-corrected chi connectivity index (χ4v) is 3.24. The van der Waals surface area contributed by atoms with Crippen molar-refractivity contribution in [3.05, 3.63) is 28.2 Å². The van der Waals surface area contributed by atoms with Gasteiger partial charge in [-0.3, -0.25) is 4.79 Å². The highest BCUT2D eigenvalue weighted by molar-refractivity contribution is 9.10. The molecule has 0 saturated carbocycles. The van der Waals surface area contributed by atoms with Crippen molar-refractivity contribution < 1.29 is 18.3 Å². The molecule has 0 spiro atoms. The lowest BCUT2D eigenvalue weighted by atomic mass is 10.2. The molecule has 0 bridgehead atoms. The maximum absolute atomic E-state index is 12.1. The van der Waals surface area contributed by atoms with Crippen LogP contribution in [-0.4, -0.2) is 50.5 Å². The van der Waals surface area contributed by atoms with Gasteiger partial charge in [0.2, 0.25) is 10.0 Å². The number of carbonyl (C=O) groups is 1. The summed E-state index contributed by atoms with van der Waals surface area (Å²) in [7, 11) is -0.803. The Hall–Kier alpha value is -0.960. The number of carbonyl (C=O) groups excluding carboxylic acids is 1. The smallest absolute Gasteiger partial charge is 0.251 e. The summed E-state index contributed by atoms with van der Waals surface area (Å²) >= 11 is 3.17. The van der Waals surface area contributed by atoms with Gasteiger partial charge in [-0.1, -0.05) is 0 Å². The van der Waals surface area contributed by atoms with E-state index in [-0.39, 0.29) is 17.1 Å². The van der Waals surface area contributed by atoms with Gasteiger partial charge >= 0.3 is 0 Å². The Bertz CT molecular complexity index is 601. The topological polar surface area (TPSA) is 86.7 Å². The molecule has 0 aromatic heterocycles. The molecule has 1 amide bonds. The van der Waals surface area contributed by atoms with E-state index in [1.54, 1.807) is 6.92 Å². The Morgan fingerprint density at radius 2 is 2.05 bits per heavy atom. The van der Waals surface area contributed by atoms with E-state index in [1.165, 1.54) is 32.3 Å². The molecule has 1 unspecified atom stereocenters. The van der Waals surface area contributed by atoms with E-state index >= 15 is 0 Å². The fourth-order valence-electron chi connectivity index (χ4n) is 1.39. The van der Waals surface area contributed by atoms with Crippen molar-refractivity contribution in [1.82, 2.24) is 9.62 Å². The minimum absolute atomic E-state index is 0.0202. The second kappa shape index (κ2) is 6.66. The predicted molar refractivity (Wildman–Crippen MR) is 79.0 cm³/mol. The van der Waals surface area contributed by atoms with Gasteiger partial charge in [0.1, 0.15) is 0 Å². The molecule has 112 valence electrons. The number of nitrogens with zero attached hydrogens (tertiary/aromatic N) is 1. The van der Waals surface area contributed by atoms with Crippen LogP contribution in [0.4, 0.5) is 0 Å². The molecule has 0 heterocycles. The van der Waals surface area contributed by atoms with Crippen LogP contribution in [0, 0.1) is 0 Å². The number of halogens is 1. The van der Waals surface area contributed by atoms with E-state index in [0.717, 1.165) is 4.31 Å². The van der Waals surface area contributed by atoms with Gasteiger partial charge in [0.15, 0.2) is 0 Å². The molecule has 8 heteroatoms. The lowest BCUT2D eigenvalue weighted by Crippen LogP contribution is -2.35. The van der Waals surface area contributed by atoms with Crippen molar-refractivity contribution in [2.75, 3.05) is 20.7 Å². The third-order valence-corrected chi connectivity index (χ3v) is 5.41. The summed E-state index contributed by atoms with van der Waals surface area (Å²) in [6.07, 6.45) is 0. The SMILES string of the molecule is CC(CO)NC(=O)c1ccc(Br)c(S(=O)(=O)N(C)C)c1. The minimum atomic E-state index is -3.64. The highest BCUT2D eigenvalue weighted by Gasteiger charge is 2.22. The van der Waals surface area contributed by atoms with Crippen LogP contribution in [0.25, 0.3) is 0 Å². The zero-order chi connectivity index (χ0) is 15.5. The summed E-state index contributed by atoms with van der Waals surface area (Å²) in [5, 5.41) is 11.5. The average molecular weight is 365 g/mol. The van der Waals surface area contributed by atoms with E-state index in [0.29, 0.717) is 4.47 Å². The zero-order valence-electron chi connectivity index (χ0n) is 11.4. The molecular weight excluding hydrogens is 348 g/mol. The van der Waals surface area contributed by atoms with Gasteiger partial charge in [-0.25, -0.2) is 12.7 Å². The van der Waals surface area contributed by atoms with Crippen LogP contribution in [0.3, 0.4) is 0 Å². The summed E-state index contributed by atoms with van der Waals surface area (Å²) in [6, 6.07) is 3.92. The number of aliphatic hydroxyl groups is 1. The molecule has 0 aliphatic rings. The number of benzene rings is 1. The molecule has 6 nitrogen and oxygen atoms in total. The molecule has 0 radical (unpaired) electrons. The van der Waals surface area contributed by atoms with E-state index in [4.69, 9.17) is 5.11 Å². The summed E-state index contributed by atoms with van der Waals surface area (Å²) < 4.78 is 25.7. The van der Waals surface area contributed by atoms with Gasteiger partial charge in [-0.05, 0) is 41.1 Å². The van der Waals surface area contributed by atoms with Gasteiger partial charge in [0.05, 0.1) is 11.5 Å². The molecule has 1 aromatic rings. The van der Waals surface area contributed by atoms with Crippen LogP contribution in [0.5, 0.6) is 0 Å². The number of aliphatic hydroxyl groups excluding tert-OH is 1. The highest BCUT2D eigenvalue weighted by Crippen LogP contribution is 2.25. The van der Waals surface area contributed by atoms with Gasteiger partial charge in [0.25, 0.3) is 5.91 Å². The van der Waals surface area contributed by atoms with Crippen LogP contribution >= 0.6 is 15.9 Å². The van der Waals surface area contributed by atoms with Crippen LogP contribution < -0.4 is 5.32 Å². The molecule has 1 aromatic carbocycles. The van der Waals surface area contributed by atoms with Gasteiger partial charge in [0, 0.05) is 30.2 Å². The van der Waals surface area contributed by atoms with E-state index < -0.39 is 22.0 Å².